The van der Waals surface area contributed by atoms with Gasteiger partial charge in [-0.25, -0.2) is 0 Å². The Bertz CT molecular complexity index is 643. The standard InChI is InChI=1S/C15H20N4O/c1-8(2)13-7-14(19-18-13)17-15(20)11-6-12(16)10(4)5-9(11)3/h5-8H,16H2,1-4H3,(H2,17,18,19,20). The van der Waals surface area contributed by atoms with Gasteiger partial charge in [-0.1, -0.05) is 19.9 Å². The van der Waals surface area contributed by atoms with Gasteiger partial charge in [-0.05, 0) is 37.0 Å². The van der Waals surface area contributed by atoms with Crippen molar-refractivity contribution >= 4 is 17.4 Å². The predicted molar refractivity (Wildman–Crippen MR) is 81.0 cm³/mol. The number of aromatic nitrogens is 2. The number of hydrogen-bond acceptors (Lipinski definition) is 3. The zero-order chi connectivity index (χ0) is 14.9. The van der Waals surface area contributed by atoms with Crippen LogP contribution in [0.3, 0.4) is 0 Å². The van der Waals surface area contributed by atoms with Gasteiger partial charge in [-0.15, -0.1) is 0 Å². The van der Waals surface area contributed by atoms with Gasteiger partial charge in [-0.2, -0.15) is 5.10 Å². The van der Waals surface area contributed by atoms with Crippen molar-refractivity contribution in [2.75, 3.05) is 11.1 Å². The van der Waals surface area contributed by atoms with Crippen molar-refractivity contribution in [2.45, 2.75) is 33.6 Å². The van der Waals surface area contributed by atoms with Crippen molar-refractivity contribution in [1.82, 2.24) is 10.2 Å². The van der Waals surface area contributed by atoms with Crippen LogP contribution in [0.25, 0.3) is 0 Å². The molecule has 5 heteroatoms. The molecule has 0 spiro atoms. The van der Waals surface area contributed by atoms with Gasteiger partial charge in [0.1, 0.15) is 0 Å². The highest BCUT2D eigenvalue weighted by Gasteiger charge is 2.13. The fourth-order valence-corrected chi connectivity index (χ4v) is 1.99. The van der Waals surface area contributed by atoms with Crippen LogP contribution < -0.4 is 11.1 Å². The zero-order valence-corrected chi connectivity index (χ0v) is 12.2. The maximum Gasteiger partial charge on any atom is 0.257 e. The van der Waals surface area contributed by atoms with E-state index in [0.717, 1.165) is 16.8 Å². The van der Waals surface area contributed by atoms with Crippen molar-refractivity contribution in [3.63, 3.8) is 0 Å². The molecule has 0 fully saturated rings. The van der Waals surface area contributed by atoms with Crippen LogP contribution in [0.1, 0.15) is 46.9 Å². The summed E-state index contributed by atoms with van der Waals surface area (Å²) in [6, 6.07) is 5.46. The Balaban J connectivity index is 2.21. The van der Waals surface area contributed by atoms with Gasteiger partial charge < -0.3 is 11.1 Å². The molecule has 4 N–H and O–H groups in total. The first-order valence-corrected chi connectivity index (χ1v) is 6.62. The van der Waals surface area contributed by atoms with E-state index in [1.54, 1.807) is 6.07 Å². The van der Waals surface area contributed by atoms with Crippen LogP contribution in [0, 0.1) is 13.8 Å². The molecule has 0 aliphatic carbocycles. The van der Waals surface area contributed by atoms with E-state index < -0.39 is 0 Å². The van der Waals surface area contributed by atoms with E-state index in [1.807, 2.05) is 26.0 Å². The quantitative estimate of drug-likeness (QED) is 0.751. The van der Waals surface area contributed by atoms with Gasteiger partial charge in [0.15, 0.2) is 5.82 Å². The number of carbonyl (C=O) groups excluding carboxylic acids is 1. The smallest absolute Gasteiger partial charge is 0.257 e. The van der Waals surface area contributed by atoms with Crippen molar-refractivity contribution in [3.05, 3.63) is 40.6 Å². The lowest BCUT2D eigenvalue weighted by molar-refractivity contribution is 0.102. The molecule has 0 saturated carbocycles. The number of carbonyl (C=O) groups is 1. The molecule has 0 aliphatic heterocycles. The summed E-state index contributed by atoms with van der Waals surface area (Å²) in [4.78, 5) is 12.3. The molecule has 5 nitrogen and oxygen atoms in total. The molecule has 0 bridgehead atoms. The van der Waals surface area contributed by atoms with Crippen molar-refractivity contribution in [2.24, 2.45) is 0 Å². The average Bonchev–Trinajstić information content (AvgIpc) is 2.82. The number of H-pyrrole nitrogens is 1. The molecule has 1 amide bonds. The minimum atomic E-state index is -0.198. The highest BCUT2D eigenvalue weighted by atomic mass is 16.1. The molecule has 0 unspecified atom stereocenters. The van der Waals surface area contributed by atoms with Crippen LogP contribution in [0.4, 0.5) is 11.5 Å². The summed E-state index contributed by atoms with van der Waals surface area (Å²) >= 11 is 0. The van der Waals surface area contributed by atoms with E-state index in [0.29, 0.717) is 23.0 Å². The van der Waals surface area contributed by atoms with Crippen molar-refractivity contribution in [3.8, 4) is 0 Å². The van der Waals surface area contributed by atoms with Gasteiger partial charge in [0.05, 0.1) is 0 Å². The topological polar surface area (TPSA) is 83.8 Å². The van der Waals surface area contributed by atoms with Gasteiger partial charge in [0.25, 0.3) is 5.91 Å². The monoisotopic (exact) mass is 272 g/mol. The van der Waals surface area contributed by atoms with Crippen LogP contribution >= 0.6 is 0 Å². The number of rotatable bonds is 3. The number of anilines is 2. The highest BCUT2D eigenvalue weighted by Crippen LogP contribution is 2.20. The third kappa shape index (κ3) is 2.82. The van der Waals surface area contributed by atoms with Crippen LogP contribution in [-0.2, 0) is 0 Å². The number of benzene rings is 1. The van der Waals surface area contributed by atoms with Crippen LogP contribution in [-0.4, -0.2) is 16.1 Å². The third-order valence-corrected chi connectivity index (χ3v) is 3.32. The zero-order valence-electron chi connectivity index (χ0n) is 12.2. The number of aryl methyl sites for hydroxylation is 2. The number of nitrogens with one attached hydrogen (secondary N) is 2. The molecule has 0 aliphatic rings. The van der Waals surface area contributed by atoms with E-state index in [9.17, 15) is 4.79 Å². The maximum absolute atomic E-state index is 12.3. The molecule has 2 rings (SSSR count). The number of aromatic amines is 1. The first kappa shape index (κ1) is 14.1. The first-order chi connectivity index (χ1) is 9.38. The van der Waals surface area contributed by atoms with Crippen LogP contribution in [0.15, 0.2) is 18.2 Å². The second kappa shape index (κ2) is 5.36. The molecule has 0 saturated heterocycles. The SMILES string of the molecule is Cc1cc(C)c(C(=O)Nc2cc(C(C)C)[nH]n2)cc1N. The molecule has 106 valence electrons. The Morgan fingerprint density at radius 3 is 2.55 bits per heavy atom. The van der Waals surface area contributed by atoms with E-state index in [-0.39, 0.29) is 5.91 Å². The van der Waals surface area contributed by atoms with Gasteiger partial charge >= 0.3 is 0 Å². The van der Waals surface area contributed by atoms with Gasteiger partial charge in [-0.3, -0.25) is 9.89 Å². The average molecular weight is 272 g/mol. The van der Waals surface area contributed by atoms with Gasteiger partial charge in [0.2, 0.25) is 0 Å². The second-order valence-corrected chi connectivity index (χ2v) is 5.34. The van der Waals surface area contributed by atoms with E-state index in [4.69, 9.17) is 5.73 Å². The van der Waals surface area contributed by atoms with E-state index in [1.165, 1.54) is 0 Å². The minimum Gasteiger partial charge on any atom is -0.398 e. The molecule has 1 aromatic heterocycles. The molecule has 20 heavy (non-hydrogen) atoms. The number of hydrogen-bond donors (Lipinski definition) is 3. The largest absolute Gasteiger partial charge is 0.398 e. The summed E-state index contributed by atoms with van der Waals surface area (Å²) in [5.41, 5.74) is 9.91. The molecule has 1 aromatic carbocycles. The molecular formula is C15H20N4O. The molecule has 0 radical (unpaired) electrons. The number of nitrogens with zero attached hydrogens (tertiary/aromatic N) is 1. The Morgan fingerprint density at radius 1 is 1.25 bits per heavy atom. The minimum absolute atomic E-state index is 0.198. The Labute approximate surface area is 118 Å². The summed E-state index contributed by atoms with van der Waals surface area (Å²) in [6.07, 6.45) is 0. The van der Waals surface area contributed by atoms with Crippen molar-refractivity contribution < 1.29 is 4.79 Å². The molecule has 0 atom stereocenters. The normalized spacial score (nSPS) is 10.8. The lowest BCUT2D eigenvalue weighted by atomic mass is 10.0. The summed E-state index contributed by atoms with van der Waals surface area (Å²) in [6.45, 7) is 7.94. The Morgan fingerprint density at radius 2 is 1.95 bits per heavy atom. The number of nitrogen functional groups attached to an aromatic ring is 1. The first-order valence-electron chi connectivity index (χ1n) is 6.62. The summed E-state index contributed by atoms with van der Waals surface area (Å²) in [7, 11) is 0. The lowest BCUT2D eigenvalue weighted by Crippen LogP contribution is -2.14. The Kier molecular flexibility index (Phi) is 3.79. The molecule has 2 aromatic rings. The van der Waals surface area contributed by atoms with Crippen molar-refractivity contribution in [1.29, 1.82) is 0 Å². The predicted octanol–water partition coefficient (Wildman–Crippen LogP) is 2.98. The second-order valence-electron chi connectivity index (χ2n) is 5.34. The molecule has 1 heterocycles. The van der Waals surface area contributed by atoms with E-state index >= 15 is 0 Å². The third-order valence-electron chi connectivity index (χ3n) is 3.32. The molecular weight excluding hydrogens is 252 g/mol. The van der Waals surface area contributed by atoms with Gasteiger partial charge in [0, 0.05) is 23.0 Å². The van der Waals surface area contributed by atoms with E-state index in [2.05, 4.69) is 29.4 Å². The lowest BCUT2D eigenvalue weighted by Gasteiger charge is -2.09. The highest BCUT2D eigenvalue weighted by molar-refractivity contribution is 6.05. The fraction of sp³-hybridized carbons (Fsp3) is 0.333. The fourth-order valence-electron chi connectivity index (χ4n) is 1.99. The number of nitrogens with two attached hydrogens (primary N) is 1. The Hall–Kier alpha value is -2.30. The summed E-state index contributed by atoms with van der Waals surface area (Å²) in [5, 5.41) is 9.78. The summed E-state index contributed by atoms with van der Waals surface area (Å²) in [5.74, 6) is 0.665. The number of amides is 1. The van der Waals surface area contributed by atoms with Crippen LogP contribution in [0.5, 0.6) is 0 Å². The maximum atomic E-state index is 12.3. The summed E-state index contributed by atoms with van der Waals surface area (Å²) < 4.78 is 0. The van der Waals surface area contributed by atoms with Crippen LogP contribution in [0.2, 0.25) is 0 Å².